The first-order valence-corrected chi connectivity index (χ1v) is 8.05. The van der Waals surface area contributed by atoms with Crippen molar-refractivity contribution in [3.63, 3.8) is 0 Å². The summed E-state index contributed by atoms with van der Waals surface area (Å²) in [7, 11) is 1.53. The average molecular weight is 329 g/mol. The minimum atomic E-state index is -1.10. The van der Waals surface area contributed by atoms with Crippen LogP contribution in [-0.4, -0.2) is 57.4 Å². The Hall–Kier alpha value is -1.61. The highest BCUT2D eigenvalue weighted by Crippen LogP contribution is 2.28. The minimum Gasteiger partial charge on any atom is -0.478 e. The van der Waals surface area contributed by atoms with Crippen LogP contribution >= 0.6 is 23.3 Å². The van der Waals surface area contributed by atoms with Crippen molar-refractivity contribution in [2.45, 2.75) is 13.3 Å². The number of thioether (sulfide) groups is 1. The maximum Gasteiger partial charge on any atom is 0.340 e. The van der Waals surface area contributed by atoms with Crippen LogP contribution in [0.2, 0.25) is 0 Å². The molecule has 2 rings (SSSR count). The number of aromatic carboxylic acids is 1. The molecule has 7 nitrogen and oxygen atoms in total. The van der Waals surface area contributed by atoms with E-state index in [0.717, 1.165) is 17.3 Å². The van der Waals surface area contributed by atoms with E-state index in [9.17, 15) is 19.5 Å². The van der Waals surface area contributed by atoms with Gasteiger partial charge in [-0.15, -0.1) is 0 Å². The second-order valence-electron chi connectivity index (χ2n) is 4.56. The van der Waals surface area contributed by atoms with E-state index in [1.165, 1.54) is 23.7 Å². The van der Waals surface area contributed by atoms with Crippen LogP contribution in [0.25, 0.3) is 0 Å². The van der Waals surface area contributed by atoms with E-state index in [4.69, 9.17) is 0 Å². The van der Waals surface area contributed by atoms with Crippen molar-refractivity contribution in [2.75, 3.05) is 30.8 Å². The molecule has 9 heteroatoms. The molecule has 1 saturated heterocycles. The normalized spacial score (nSPS) is 14.6. The van der Waals surface area contributed by atoms with Crippen molar-refractivity contribution in [2.24, 2.45) is 0 Å². The quantitative estimate of drug-likeness (QED) is 0.883. The van der Waals surface area contributed by atoms with Crippen LogP contribution in [0.1, 0.15) is 22.5 Å². The van der Waals surface area contributed by atoms with Gasteiger partial charge in [-0.3, -0.25) is 9.59 Å². The second-order valence-corrected chi connectivity index (χ2v) is 6.36. The summed E-state index contributed by atoms with van der Waals surface area (Å²) in [6.07, 6.45) is 0.165. The molecule has 2 heterocycles. The van der Waals surface area contributed by atoms with Crippen LogP contribution in [0, 0.1) is 6.92 Å². The molecule has 2 amide bonds. The third kappa shape index (κ3) is 3.35. The van der Waals surface area contributed by atoms with Crippen molar-refractivity contribution < 1.29 is 19.5 Å². The summed E-state index contributed by atoms with van der Waals surface area (Å²) in [6.45, 7) is 2.61. The molecule has 21 heavy (non-hydrogen) atoms. The molecular formula is C12H15N3O4S2. The Morgan fingerprint density at radius 2 is 2.19 bits per heavy atom. The summed E-state index contributed by atoms with van der Waals surface area (Å²) >= 11 is 2.24. The number of anilines is 1. The van der Waals surface area contributed by atoms with E-state index < -0.39 is 5.97 Å². The number of nitrogens with zero attached hydrogens (tertiary/aromatic N) is 3. The lowest BCUT2D eigenvalue weighted by molar-refractivity contribution is -0.118. The molecule has 0 atom stereocenters. The zero-order valence-corrected chi connectivity index (χ0v) is 13.3. The highest BCUT2D eigenvalue weighted by atomic mass is 32.2. The van der Waals surface area contributed by atoms with Gasteiger partial charge in [0.1, 0.15) is 10.6 Å². The van der Waals surface area contributed by atoms with E-state index in [1.54, 1.807) is 11.8 Å². The monoisotopic (exact) mass is 329 g/mol. The molecule has 1 fully saturated rings. The first kappa shape index (κ1) is 15.8. The van der Waals surface area contributed by atoms with Crippen LogP contribution in [0.3, 0.4) is 0 Å². The van der Waals surface area contributed by atoms with Gasteiger partial charge in [-0.05, 0) is 18.5 Å². The van der Waals surface area contributed by atoms with Crippen LogP contribution in [0.15, 0.2) is 0 Å². The zero-order valence-electron chi connectivity index (χ0n) is 11.7. The maximum absolute atomic E-state index is 12.2. The number of carbonyl (C=O) groups is 3. The lowest BCUT2D eigenvalue weighted by Gasteiger charge is -2.18. The Morgan fingerprint density at radius 1 is 1.48 bits per heavy atom. The number of rotatable bonds is 5. The molecular weight excluding hydrogens is 314 g/mol. The number of hydrogen-bond acceptors (Lipinski definition) is 6. The summed E-state index contributed by atoms with van der Waals surface area (Å²) < 4.78 is 3.99. The highest BCUT2D eigenvalue weighted by Gasteiger charge is 2.26. The number of carboxylic acid groups (broad SMARTS) is 1. The summed E-state index contributed by atoms with van der Waals surface area (Å²) in [5.74, 6) is -0.576. The Bertz CT molecular complexity index is 587. The van der Waals surface area contributed by atoms with Crippen molar-refractivity contribution >= 4 is 45.4 Å². The van der Waals surface area contributed by atoms with Gasteiger partial charge in [0.15, 0.2) is 0 Å². The second kappa shape index (κ2) is 6.44. The van der Waals surface area contributed by atoms with Crippen molar-refractivity contribution in [3.05, 3.63) is 11.3 Å². The predicted octanol–water partition coefficient (Wildman–Crippen LogP) is 1.67. The molecule has 0 aliphatic carbocycles. The largest absolute Gasteiger partial charge is 0.478 e. The molecule has 0 spiro atoms. The standard InChI is InChI=1S/C12H15N3O4S2/c1-7-9(11(17)18)10(21-13-7)14(2)8(16)3-4-15-5-6-20-12(15)19/h3-6H2,1-2H3,(H,17,18). The molecule has 0 aromatic carbocycles. The predicted molar refractivity (Wildman–Crippen MR) is 81.3 cm³/mol. The first-order valence-electron chi connectivity index (χ1n) is 6.29. The van der Waals surface area contributed by atoms with Gasteiger partial charge in [0, 0.05) is 32.3 Å². The van der Waals surface area contributed by atoms with Gasteiger partial charge in [-0.1, -0.05) is 11.8 Å². The molecule has 0 radical (unpaired) electrons. The molecule has 0 bridgehead atoms. The van der Waals surface area contributed by atoms with Crippen LogP contribution in [-0.2, 0) is 4.79 Å². The van der Waals surface area contributed by atoms with Gasteiger partial charge in [0.2, 0.25) is 5.91 Å². The van der Waals surface area contributed by atoms with E-state index in [1.807, 2.05) is 0 Å². The molecule has 0 saturated carbocycles. The van der Waals surface area contributed by atoms with Gasteiger partial charge >= 0.3 is 5.97 Å². The number of aromatic nitrogens is 1. The van der Waals surface area contributed by atoms with Crippen LogP contribution in [0.4, 0.5) is 9.80 Å². The van der Waals surface area contributed by atoms with E-state index in [2.05, 4.69) is 4.37 Å². The van der Waals surface area contributed by atoms with E-state index >= 15 is 0 Å². The Labute approximate surface area is 130 Å². The van der Waals surface area contributed by atoms with Gasteiger partial charge in [-0.25, -0.2) is 4.79 Å². The smallest absolute Gasteiger partial charge is 0.340 e. The summed E-state index contributed by atoms with van der Waals surface area (Å²) in [4.78, 5) is 37.8. The Kier molecular flexibility index (Phi) is 4.84. The Morgan fingerprint density at radius 3 is 2.76 bits per heavy atom. The average Bonchev–Trinajstić information content (AvgIpc) is 3.01. The minimum absolute atomic E-state index is 0.00897. The molecule has 0 unspecified atom stereocenters. The fraction of sp³-hybridized carbons (Fsp3) is 0.500. The molecule has 114 valence electrons. The molecule has 1 aromatic rings. The Balaban J connectivity index is 2.02. The van der Waals surface area contributed by atoms with Crippen LogP contribution < -0.4 is 4.90 Å². The lowest BCUT2D eigenvalue weighted by Crippen LogP contribution is -2.32. The SMILES string of the molecule is Cc1nsc(N(C)C(=O)CCN2CCSC2=O)c1C(=O)O. The van der Waals surface area contributed by atoms with E-state index in [-0.39, 0.29) is 23.1 Å². The fourth-order valence-electron chi connectivity index (χ4n) is 1.97. The lowest BCUT2D eigenvalue weighted by atomic mass is 10.2. The van der Waals surface area contributed by atoms with Gasteiger partial charge in [0.25, 0.3) is 5.24 Å². The van der Waals surface area contributed by atoms with Crippen LogP contribution in [0.5, 0.6) is 0 Å². The van der Waals surface area contributed by atoms with Crippen molar-refractivity contribution in [1.82, 2.24) is 9.27 Å². The molecule has 1 N–H and O–H groups in total. The third-order valence-corrected chi connectivity index (χ3v) is 5.09. The number of carboxylic acids is 1. The maximum atomic E-state index is 12.2. The third-order valence-electron chi connectivity index (χ3n) is 3.18. The fourth-order valence-corrected chi connectivity index (χ4v) is 3.69. The number of amides is 2. The first-order chi connectivity index (χ1) is 9.91. The van der Waals surface area contributed by atoms with E-state index in [0.29, 0.717) is 23.8 Å². The topological polar surface area (TPSA) is 90.8 Å². The molecule has 1 aromatic heterocycles. The van der Waals surface area contributed by atoms with Gasteiger partial charge in [0.05, 0.1) is 5.69 Å². The molecule has 1 aliphatic rings. The molecule has 1 aliphatic heterocycles. The van der Waals surface area contributed by atoms with Crippen molar-refractivity contribution in [3.8, 4) is 0 Å². The van der Waals surface area contributed by atoms with Gasteiger partial charge < -0.3 is 14.9 Å². The zero-order chi connectivity index (χ0) is 15.6. The highest BCUT2D eigenvalue weighted by molar-refractivity contribution is 8.13. The summed E-state index contributed by atoms with van der Waals surface area (Å²) in [6, 6.07) is 0. The number of hydrogen-bond donors (Lipinski definition) is 1. The van der Waals surface area contributed by atoms with Gasteiger partial charge in [-0.2, -0.15) is 4.37 Å². The number of aryl methyl sites for hydroxylation is 1. The number of carbonyl (C=O) groups excluding carboxylic acids is 2. The summed E-state index contributed by atoms with van der Waals surface area (Å²) in [5, 5.41) is 9.49. The summed E-state index contributed by atoms with van der Waals surface area (Å²) in [5.41, 5.74) is 0.455. The van der Waals surface area contributed by atoms with Crippen molar-refractivity contribution in [1.29, 1.82) is 0 Å².